The predicted octanol–water partition coefficient (Wildman–Crippen LogP) is 7.44. The molecule has 3 aromatic carbocycles. The van der Waals surface area contributed by atoms with Crippen molar-refractivity contribution in [2.24, 2.45) is 0 Å². The molecular formula is C30H31N3O4S3. The third-order valence-corrected chi connectivity index (χ3v) is 8.78. The van der Waals surface area contributed by atoms with E-state index in [1.807, 2.05) is 70.2 Å². The van der Waals surface area contributed by atoms with Gasteiger partial charge in [0.25, 0.3) is 10.0 Å². The van der Waals surface area contributed by atoms with E-state index in [-0.39, 0.29) is 16.6 Å². The van der Waals surface area contributed by atoms with Crippen LogP contribution in [0.2, 0.25) is 0 Å². The number of ether oxygens (including phenoxy) is 1. The van der Waals surface area contributed by atoms with Crippen molar-refractivity contribution in [3.63, 3.8) is 0 Å². The molecule has 0 aliphatic rings. The number of rotatable bonds is 8. The molecule has 0 fully saturated rings. The van der Waals surface area contributed by atoms with Crippen molar-refractivity contribution in [1.82, 2.24) is 0 Å². The van der Waals surface area contributed by atoms with Crippen molar-refractivity contribution in [1.29, 1.82) is 0 Å². The number of carbonyl (C=O) groups is 1. The Labute approximate surface area is 244 Å². The molecule has 0 amide bonds. The summed E-state index contributed by atoms with van der Waals surface area (Å²) < 4.78 is 34.2. The molecule has 0 radical (unpaired) electrons. The van der Waals surface area contributed by atoms with Gasteiger partial charge in [0.15, 0.2) is 5.11 Å². The predicted molar refractivity (Wildman–Crippen MR) is 168 cm³/mol. The summed E-state index contributed by atoms with van der Waals surface area (Å²) in [4.78, 5) is 14.0. The quantitative estimate of drug-likeness (QED) is 0.144. The van der Waals surface area contributed by atoms with Crippen LogP contribution in [0.1, 0.15) is 38.8 Å². The van der Waals surface area contributed by atoms with Crippen LogP contribution < -0.4 is 15.4 Å². The highest BCUT2D eigenvalue weighted by molar-refractivity contribution is 7.92. The molecule has 10 heteroatoms. The summed E-state index contributed by atoms with van der Waals surface area (Å²) in [6.07, 6.45) is 0. The third kappa shape index (κ3) is 6.52. The minimum absolute atomic E-state index is 0.127. The van der Waals surface area contributed by atoms with E-state index in [4.69, 9.17) is 17.0 Å². The molecule has 7 nitrogen and oxygen atoms in total. The summed E-state index contributed by atoms with van der Waals surface area (Å²) in [5.41, 5.74) is 6.10. The molecule has 4 rings (SSSR count). The van der Waals surface area contributed by atoms with Crippen LogP contribution in [0.5, 0.6) is 0 Å². The number of carbonyl (C=O) groups excluding carboxylic acids is 1. The van der Waals surface area contributed by atoms with E-state index in [0.717, 1.165) is 32.7 Å². The summed E-state index contributed by atoms with van der Waals surface area (Å²) in [5.74, 6) is -0.433. The van der Waals surface area contributed by atoms with Crippen LogP contribution in [-0.2, 0) is 14.8 Å². The molecule has 0 spiro atoms. The second kappa shape index (κ2) is 12.2. The fraction of sp³-hybridized carbons (Fsp3) is 0.200. The van der Waals surface area contributed by atoms with Crippen LogP contribution in [0.4, 0.5) is 16.4 Å². The van der Waals surface area contributed by atoms with Crippen LogP contribution in [0, 0.1) is 27.7 Å². The van der Waals surface area contributed by atoms with Crippen molar-refractivity contribution in [2.75, 3.05) is 22.0 Å². The molecule has 0 aliphatic heterocycles. The van der Waals surface area contributed by atoms with Gasteiger partial charge in [0, 0.05) is 16.1 Å². The lowest BCUT2D eigenvalue weighted by molar-refractivity contribution is 0.0529. The highest BCUT2D eigenvalue weighted by Gasteiger charge is 2.25. The van der Waals surface area contributed by atoms with Gasteiger partial charge in [-0.25, -0.2) is 13.2 Å². The zero-order valence-corrected chi connectivity index (χ0v) is 25.4. The molecule has 3 N–H and O–H groups in total. The van der Waals surface area contributed by atoms with E-state index >= 15 is 0 Å². The molecular weight excluding hydrogens is 563 g/mol. The molecule has 208 valence electrons. The zero-order chi connectivity index (χ0) is 29.0. The second-order valence-corrected chi connectivity index (χ2v) is 12.6. The lowest BCUT2D eigenvalue weighted by Gasteiger charge is -2.15. The van der Waals surface area contributed by atoms with Gasteiger partial charge in [-0.2, -0.15) is 0 Å². The highest BCUT2D eigenvalue weighted by atomic mass is 32.2. The monoisotopic (exact) mass is 593 g/mol. The van der Waals surface area contributed by atoms with E-state index in [1.165, 1.54) is 23.5 Å². The van der Waals surface area contributed by atoms with Gasteiger partial charge in [0.1, 0.15) is 10.6 Å². The Morgan fingerprint density at radius 2 is 1.55 bits per heavy atom. The largest absolute Gasteiger partial charge is 0.462 e. The van der Waals surface area contributed by atoms with E-state index in [9.17, 15) is 13.2 Å². The van der Waals surface area contributed by atoms with E-state index in [2.05, 4.69) is 15.4 Å². The molecule has 0 saturated heterocycles. The van der Waals surface area contributed by atoms with Crippen LogP contribution in [0.3, 0.4) is 0 Å². The summed E-state index contributed by atoms with van der Waals surface area (Å²) in [5, 5.41) is 7.03. The maximum Gasteiger partial charge on any atom is 0.341 e. The average Bonchev–Trinajstić information content (AvgIpc) is 3.22. The lowest BCUT2D eigenvalue weighted by atomic mass is 10.0. The number of aryl methyl sites for hydroxylation is 4. The lowest BCUT2D eigenvalue weighted by Crippen LogP contribution is -2.20. The first-order chi connectivity index (χ1) is 19.0. The molecule has 0 unspecified atom stereocenters. The number of esters is 1. The molecule has 40 heavy (non-hydrogen) atoms. The maximum atomic E-state index is 13.1. The fourth-order valence-corrected chi connectivity index (χ4v) is 7.06. The van der Waals surface area contributed by atoms with E-state index in [1.54, 1.807) is 19.1 Å². The van der Waals surface area contributed by atoms with Gasteiger partial charge in [-0.3, -0.25) is 4.72 Å². The summed E-state index contributed by atoms with van der Waals surface area (Å²) in [7, 11) is -3.79. The fourth-order valence-electron chi connectivity index (χ4n) is 4.50. The van der Waals surface area contributed by atoms with Crippen molar-refractivity contribution in [3.05, 3.63) is 93.9 Å². The third-order valence-electron chi connectivity index (χ3n) is 6.19. The summed E-state index contributed by atoms with van der Waals surface area (Å²) in [6, 6.07) is 19.8. The number of anilines is 3. The van der Waals surface area contributed by atoms with Gasteiger partial charge in [-0.05, 0) is 87.8 Å². The van der Waals surface area contributed by atoms with Crippen LogP contribution >= 0.6 is 23.6 Å². The van der Waals surface area contributed by atoms with Crippen molar-refractivity contribution in [3.8, 4) is 11.1 Å². The summed E-state index contributed by atoms with van der Waals surface area (Å²) in [6.45, 7) is 9.69. The highest BCUT2D eigenvalue weighted by Crippen LogP contribution is 2.40. The number of benzene rings is 3. The first kappa shape index (κ1) is 29.3. The smallest absolute Gasteiger partial charge is 0.341 e. The van der Waals surface area contributed by atoms with Gasteiger partial charge < -0.3 is 15.4 Å². The first-order valence-corrected chi connectivity index (χ1v) is 15.4. The molecule has 0 atom stereocenters. The number of hydrogen-bond acceptors (Lipinski definition) is 6. The van der Waals surface area contributed by atoms with Gasteiger partial charge in [0.05, 0.1) is 17.2 Å². The van der Waals surface area contributed by atoms with Gasteiger partial charge >= 0.3 is 5.97 Å². The Morgan fingerprint density at radius 3 is 2.15 bits per heavy atom. The normalized spacial score (nSPS) is 11.1. The average molecular weight is 594 g/mol. The molecule has 4 aromatic rings. The first-order valence-electron chi connectivity index (χ1n) is 12.6. The minimum atomic E-state index is -3.79. The Hall–Kier alpha value is -3.73. The standard InChI is InChI=1S/C30H31N3O4S3/c1-6-37-29(34)26-25(22-10-8-7-9-11-22)21(5)39-28(26)32-30(38)31-23-12-14-24(15-13-23)40(35,36)33-27-19(3)16-18(2)17-20(27)4/h7-17,33H,6H2,1-5H3,(H2,31,32,38). The number of sulfonamides is 1. The van der Waals surface area contributed by atoms with Crippen molar-refractivity contribution >= 4 is 61.0 Å². The molecule has 1 heterocycles. The van der Waals surface area contributed by atoms with Gasteiger partial charge in [-0.1, -0.05) is 48.0 Å². The number of thiocarbonyl (C=S) groups is 1. The zero-order valence-electron chi connectivity index (χ0n) is 22.9. The van der Waals surface area contributed by atoms with E-state index < -0.39 is 16.0 Å². The second-order valence-electron chi connectivity index (χ2n) is 9.31. The SMILES string of the molecule is CCOC(=O)c1c(NC(=S)Nc2ccc(S(=O)(=O)Nc3c(C)cc(C)cc3C)cc2)sc(C)c1-c1ccccc1. The van der Waals surface area contributed by atoms with Gasteiger partial charge in [0.2, 0.25) is 0 Å². The minimum Gasteiger partial charge on any atom is -0.462 e. The van der Waals surface area contributed by atoms with Gasteiger partial charge in [-0.15, -0.1) is 11.3 Å². The van der Waals surface area contributed by atoms with Crippen molar-refractivity contribution < 1.29 is 17.9 Å². The number of nitrogens with one attached hydrogen (secondary N) is 3. The Bertz CT molecular complexity index is 1640. The molecule has 1 aromatic heterocycles. The van der Waals surface area contributed by atoms with Crippen LogP contribution in [-0.4, -0.2) is 26.1 Å². The van der Waals surface area contributed by atoms with E-state index in [0.29, 0.717) is 21.9 Å². The van der Waals surface area contributed by atoms with Crippen LogP contribution in [0.25, 0.3) is 11.1 Å². The number of hydrogen-bond donors (Lipinski definition) is 3. The van der Waals surface area contributed by atoms with Crippen LogP contribution in [0.15, 0.2) is 71.6 Å². The summed E-state index contributed by atoms with van der Waals surface area (Å²) >= 11 is 6.94. The topological polar surface area (TPSA) is 96.5 Å². The maximum absolute atomic E-state index is 13.1. The van der Waals surface area contributed by atoms with Crippen molar-refractivity contribution in [2.45, 2.75) is 39.5 Å². The Kier molecular flexibility index (Phi) is 8.92. The number of thiophene rings is 1. The molecule has 0 saturated carbocycles. The molecule has 0 bridgehead atoms. The Balaban J connectivity index is 1.52. The Morgan fingerprint density at radius 1 is 0.925 bits per heavy atom. The molecule has 0 aliphatic carbocycles.